The van der Waals surface area contributed by atoms with Gasteiger partial charge in [0.05, 0.1) is 5.69 Å². The normalized spacial score (nSPS) is 11.8. The fraction of sp³-hybridized carbons (Fsp3) is 0.333. The molecule has 6 heteroatoms. The largest absolute Gasteiger partial charge is 0.310 e. The highest BCUT2D eigenvalue weighted by molar-refractivity contribution is 7.93. The Kier molecular flexibility index (Phi) is 5.03. The molecular weight excluding hydrogens is 304 g/mol. The lowest BCUT2D eigenvalue weighted by Gasteiger charge is -2.12. The third-order valence-corrected chi connectivity index (χ3v) is 5.55. The second-order valence-electron chi connectivity index (χ2n) is 5.16. The van der Waals surface area contributed by atoms with Crippen LogP contribution in [-0.4, -0.2) is 14.5 Å². The highest BCUT2D eigenvalue weighted by Gasteiger charge is 2.20. The summed E-state index contributed by atoms with van der Waals surface area (Å²) in [7, 11) is -3.55. The topological polar surface area (TPSA) is 58.2 Å². The number of benzene rings is 1. The molecule has 0 amide bonds. The first kappa shape index (κ1) is 16.0. The minimum atomic E-state index is -3.55. The number of aryl methyl sites for hydroxylation is 1. The number of para-hydroxylation sites is 1. The molecule has 1 aromatic heterocycles. The van der Waals surface area contributed by atoms with Gasteiger partial charge in [-0.3, -0.25) is 4.72 Å². The fourth-order valence-corrected chi connectivity index (χ4v) is 4.41. The van der Waals surface area contributed by atoms with Crippen molar-refractivity contribution in [3.05, 3.63) is 46.2 Å². The number of anilines is 1. The van der Waals surface area contributed by atoms with E-state index in [4.69, 9.17) is 0 Å². The highest BCUT2D eigenvalue weighted by atomic mass is 32.2. The van der Waals surface area contributed by atoms with Crippen molar-refractivity contribution >= 4 is 27.0 Å². The third kappa shape index (κ3) is 4.06. The van der Waals surface area contributed by atoms with Gasteiger partial charge in [-0.2, -0.15) is 0 Å². The Bertz CT molecular complexity index is 706. The Morgan fingerprint density at radius 1 is 1.19 bits per heavy atom. The van der Waals surface area contributed by atoms with Crippen molar-refractivity contribution in [2.75, 3.05) is 4.72 Å². The molecule has 0 saturated heterocycles. The first-order chi connectivity index (χ1) is 9.90. The van der Waals surface area contributed by atoms with Gasteiger partial charge in [0.2, 0.25) is 0 Å². The van der Waals surface area contributed by atoms with Gasteiger partial charge in [-0.25, -0.2) is 8.42 Å². The van der Waals surface area contributed by atoms with Crippen LogP contribution < -0.4 is 10.0 Å². The summed E-state index contributed by atoms with van der Waals surface area (Å²) in [6.45, 7) is 6.51. The minimum absolute atomic E-state index is 0.312. The maximum atomic E-state index is 12.5. The molecule has 1 aromatic carbocycles. The molecule has 2 N–H and O–H groups in total. The first-order valence-corrected chi connectivity index (χ1v) is 9.14. The van der Waals surface area contributed by atoms with Crippen LogP contribution in [0.25, 0.3) is 0 Å². The average Bonchev–Trinajstić information content (AvgIpc) is 2.88. The third-order valence-electron chi connectivity index (χ3n) is 3.05. The van der Waals surface area contributed by atoms with E-state index in [1.807, 2.05) is 44.4 Å². The van der Waals surface area contributed by atoms with E-state index in [1.54, 1.807) is 12.1 Å². The van der Waals surface area contributed by atoms with Crippen LogP contribution in [0.15, 0.2) is 40.6 Å². The Balaban J connectivity index is 2.24. The van der Waals surface area contributed by atoms with Crippen molar-refractivity contribution in [3.8, 4) is 0 Å². The highest BCUT2D eigenvalue weighted by Crippen LogP contribution is 2.25. The van der Waals surface area contributed by atoms with E-state index in [9.17, 15) is 8.42 Å². The lowest BCUT2D eigenvalue weighted by Crippen LogP contribution is -2.23. The number of sulfonamides is 1. The molecule has 0 fully saturated rings. The molecule has 0 saturated carbocycles. The van der Waals surface area contributed by atoms with Crippen LogP contribution in [0.3, 0.4) is 0 Å². The summed E-state index contributed by atoms with van der Waals surface area (Å²) >= 11 is 1.45. The van der Waals surface area contributed by atoms with Gasteiger partial charge in [0.15, 0.2) is 0 Å². The molecule has 2 rings (SSSR count). The van der Waals surface area contributed by atoms with E-state index >= 15 is 0 Å². The molecule has 4 nitrogen and oxygen atoms in total. The SMILES string of the molecule is Cc1ccccc1NS(=O)(=O)c1ccsc1CNC(C)C. The van der Waals surface area contributed by atoms with Crippen molar-refractivity contribution in [2.45, 2.75) is 38.3 Å². The molecule has 0 radical (unpaired) electrons. The van der Waals surface area contributed by atoms with Crippen molar-refractivity contribution in [1.82, 2.24) is 5.32 Å². The summed E-state index contributed by atoms with van der Waals surface area (Å²) in [5.41, 5.74) is 1.52. The zero-order chi connectivity index (χ0) is 15.5. The summed E-state index contributed by atoms with van der Waals surface area (Å²) in [4.78, 5) is 1.17. The van der Waals surface area contributed by atoms with E-state index in [1.165, 1.54) is 11.3 Å². The maximum absolute atomic E-state index is 12.5. The smallest absolute Gasteiger partial charge is 0.263 e. The van der Waals surface area contributed by atoms with Gasteiger partial charge in [-0.1, -0.05) is 32.0 Å². The van der Waals surface area contributed by atoms with Gasteiger partial charge in [0.1, 0.15) is 4.90 Å². The Morgan fingerprint density at radius 3 is 2.57 bits per heavy atom. The number of hydrogen-bond donors (Lipinski definition) is 2. The molecule has 0 aliphatic heterocycles. The molecule has 0 aliphatic carbocycles. The van der Waals surface area contributed by atoms with E-state index < -0.39 is 10.0 Å². The number of nitrogens with one attached hydrogen (secondary N) is 2. The van der Waals surface area contributed by atoms with Crippen LogP contribution in [0.1, 0.15) is 24.3 Å². The fourth-order valence-electron chi connectivity index (χ4n) is 1.88. The van der Waals surface area contributed by atoms with Crippen molar-refractivity contribution in [1.29, 1.82) is 0 Å². The van der Waals surface area contributed by atoms with E-state index in [2.05, 4.69) is 10.0 Å². The Labute approximate surface area is 130 Å². The van der Waals surface area contributed by atoms with Crippen LogP contribution in [0.4, 0.5) is 5.69 Å². The molecule has 2 aromatic rings. The van der Waals surface area contributed by atoms with Crippen LogP contribution >= 0.6 is 11.3 Å². The van der Waals surface area contributed by atoms with E-state index in [0.717, 1.165) is 10.4 Å². The van der Waals surface area contributed by atoms with Gasteiger partial charge in [-0.05, 0) is 30.0 Å². The molecule has 21 heavy (non-hydrogen) atoms. The molecule has 0 aliphatic rings. The first-order valence-electron chi connectivity index (χ1n) is 6.78. The zero-order valence-corrected chi connectivity index (χ0v) is 14.0. The van der Waals surface area contributed by atoms with E-state index in [-0.39, 0.29) is 0 Å². The van der Waals surface area contributed by atoms with Crippen LogP contribution in [0.5, 0.6) is 0 Å². The van der Waals surface area contributed by atoms with Gasteiger partial charge in [-0.15, -0.1) is 11.3 Å². The molecule has 114 valence electrons. The molecule has 0 spiro atoms. The number of hydrogen-bond acceptors (Lipinski definition) is 4. The van der Waals surface area contributed by atoms with Crippen molar-refractivity contribution < 1.29 is 8.42 Å². The maximum Gasteiger partial charge on any atom is 0.263 e. The van der Waals surface area contributed by atoms with Crippen LogP contribution in [-0.2, 0) is 16.6 Å². The summed E-state index contributed by atoms with van der Waals surface area (Å²) in [5, 5.41) is 5.06. The molecule has 0 bridgehead atoms. The predicted octanol–water partition coefficient (Wildman–Crippen LogP) is 3.36. The quantitative estimate of drug-likeness (QED) is 0.856. The Hall–Kier alpha value is -1.37. The standard InChI is InChI=1S/C15H20N2O2S2/c1-11(2)16-10-14-15(8-9-20-14)21(18,19)17-13-7-5-4-6-12(13)3/h4-9,11,16-17H,10H2,1-3H3. The second-order valence-corrected chi connectivity index (χ2v) is 7.82. The molecule has 1 heterocycles. The van der Waals surface area contributed by atoms with Crippen molar-refractivity contribution in [3.63, 3.8) is 0 Å². The van der Waals surface area contributed by atoms with Crippen LogP contribution in [0, 0.1) is 6.92 Å². The summed E-state index contributed by atoms with van der Waals surface area (Å²) in [6.07, 6.45) is 0. The van der Waals surface area contributed by atoms with Gasteiger partial charge in [0.25, 0.3) is 10.0 Å². The number of rotatable bonds is 6. The predicted molar refractivity (Wildman–Crippen MR) is 88.3 cm³/mol. The lowest BCUT2D eigenvalue weighted by molar-refractivity contribution is 0.581. The molecule has 0 unspecified atom stereocenters. The minimum Gasteiger partial charge on any atom is -0.310 e. The van der Waals surface area contributed by atoms with Gasteiger partial charge >= 0.3 is 0 Å². The van der Waals surface area contributed by atoms with Crippen molar-refractivity contribution in [2.24, 2.45) is 0 Å². The number of thiophene rings is 1. The van der Waals surface area contributed by atoms with Gasteiger partial charge in [0, 0.05) is 17.5 Å². The zero-order valence-electron chi connectivity index (χ0n) is 12.4. The molecule has 0 atom stereocenters. The average molecular weight is 324 g/mol. The Morgan fingerprint density at radius 2 is 1.90 bits per heavy atom. The summed E-state index contributed by atoms with van der Waals surface area (Å²) in [5.74, 6) is 0. The molecular formula is C15H20N2O2S2. The lowest BCUT2D eigenvalue weighted by atomic mass is 10.2. The van der Waals surface area contributed by atoms with Crippen LogP contribution in [0.2, 0.25) is 0 Å². The second kappa shape index (κ2) is 6.60. The van der Waals surface area contributed by atoms with Gasteiger partial charge < -0.3 is 5.32 Å². The monoisotopic (exact) mass is 324 g/mol. The summed E-state index contributed by atoms with van der Waals surface area (Å²) < 4.78 is 27.8. The summed E-state index contributed by atoms with van der Waals surface area (Å²) in [6, 6.07) is 9.32. The van der Waals surface area contributed by atoms with E-state index in [0.29, 0.717) is 23.2 Å².